The van der Waals surface area contributed by atoms with Gasteiger partial charge >= 0.3 is 5.97 Å². The number of hydrogen-bond acceptors (Lipinski definition) is 3. The normalized spacial score (nSPS) is 11.9. The summed E-state index contributed by atoms with van der Waals surface area (Å²) in [4.78, 5) is 11.5. The third-order valence-corrected chi connectivity index (χ3v) is 3.45. The van der Waals surface area contributed by atoms with E-state index in [9.17, 15) is 9.90 Å². The molecule has 0 unspecified atom stereocenters. The van der Waals surface area contributed by atoms with Crippen molar-refractivity contribution in [2.45, 2.75) is 44.9 Å². The maximum absolute atomic E-state index is 11.5. The topological polar surface area (TPSA) is 55.8 Å². The molecule has 0 aromatic heterocycles. The lowest BCUT2D eigenvalue weighted by atomic mass is 9.92. The Balaban J connectivity index is 2.94. The van der Waals surface area contributed by atoms with Gasteiger partial charge in [0.2, 0.25) is 0 Å². The number of carboxylic acids is 1. The van der Waals surface area contributed by atoms with Crippen LogP contribution in [0.25, 0.3) is 0 Å². The molecule has 0 radical (unpaired) electrons. The number of rotatable bonds is 9. The number of aliphatic carboxylic acids is 1. The molecular weight excluding hydrogens is 256 g/mol. The molecule has 0 bridgehead atoms. The minimum absolute atomic E-state index is 0.526. The van der Waals surface area contributed by atoms with Gasteiger partial charge in [-0.25, -0.2) is 0 Å². The first-order valence-corrected chi connectivity index (χ1v) is 7.09. The van der Waals surface area contributed by atoms with Gasteiger partial charge in [0.15, 0.2) is 11.5 Å². The molecule has 0 amide bonds. The molecule has 1 rings (SSSR count). The van der Waals surface area contributed by atoms with Gasteiger partial charge in [-0.3, -0.25) is 4.79 Å². The highest BCUT2D eigenvalue weighted by Crippen LogP contribution is 2.37. The molecule has 0 fully saturated rings. The van der Waals surface area contributed by atoms with Crippen LogP contribution in [0.5, 0.6) is 11.5 Å². The zero-order chi connectivity index (χ0) is 15.0. The van der Waals surface area contributed by atoms with Gasteiger partial charge < -0.3 is 14.6 Å². The van der Waals surface area contributed by atoms with E-state index in [1.165, 1.54) is 7.11 Å². The molecule has 0 aliphatic rings. The number of hydrogen-bond donors (Lipinski definition) is 1. The number of carbonyl (C=O) groups is 1. The minimum Gasteiger partial charge on any atom is -0.493 e. The second kappa shape index (κ2) is 8.46. The highest BCUT2D eigenvalue weighted by Gasteiger charge is 2.24. The van der Waals surface area contributed by atoms with Gasteiger partial charge in [-0.05, 0) is 12.5 Å². The quantitative estimate of drug-likeness (QED) is 0.698. The van der Waals surface area contributed by atoms with E-state index in [1.807, 2.05) is 0 Å². The number of carboxylic acid groups (broad SMARTS) is 1. The third-order valence-electron chi connectivity index (χ3n) is 3.45. The molecule has 0 heterocycles. The van der Waals surface area contributed by atoms with Gasteiger partial charge in [-0.2, -0.15) is 0 Å². The van der Waals surface area contributed by atoms with Crippen LogP contribution in [0.1, 0.15) is 50.5 Å². The van der Waals surface area contributed by atoms with Crippen molar-refractivity contribution in [3.05, 3.63) is 23.8 Å². The van der Waals surface area contributed by atoms with Crippen molar-refractivity contribution in [1.82, 2.24) is 0 Å². The third kappa shape index (κ3) is 4.15. The summed E-state index contributed by atoms with van der Waals surface area (Å²) in [6.07, 6.45) is 4.87. The molecule has 4 heteroatoms. The first kappa shape index (κ1) is 16.3. The van der Waals surface area contributed by atoms with Gasteiger partial charge in [0.05, 0.1) is 20.1 Å². The molecule has 1 aromatic rings. The summed E-state index contributed by atoms with van der Waals surface area (Å²) >= 11 is 0. The Labute approximate surface area is 120 Å². The molecule has 0 saturated heterocycles. The fourth-order valence-corrected chi connectivity index (χ4v) is 2.37. The van der Waals surface area contributed by atoms with Gasteiger partial charge in [0.1, 0.15) is 0 Å². The number of ether oxygens (including phenoxy) is 2. The summed E-state index contributed by atoms with van der Waals surface area (Å²) in [5.74, 6) is -0.257. The van der Waals surface area contributed by atoms with Crippen LogP contribution < -0.4 is 9.47 Å². The van der Waals surface area contributed by atoms with Gasteiger partial charge in [-0.1, -0.05) is 44.7 Å². The average molecular weight is 280 g/mol. The van der Waals surface area contributed by atoms with Crippen molar-refractivity contribution in [3.63, 3.8) is 0 Å². The molecule has 0 spiro atoms. The van der Waals surface area contributed by atoms with Crippen LogP contribution in [-0.2, 0) is 4.79 Å². The Morgan fingerprint density at radius 3 is 2.50 bits per heavy atom. The summed E-state index contributed by atoms with van der Waals surface area (Å²) < 4.78 is 10.6. The van der Waals surface area contributed by atoms with E-state index in [-0.39, 0.29) is 0 Å². The maximum atomic E-state index is 11.5. The summed E-state index contributed by atoms with van der Waals surface area (Å²) in [5.41, 5.74) is 0.691. The molecule has 4 nitrogen and oxygen atoms in total. The van der Waals surface area contributed by atoms with Crippen LogP contribution in [0.4, 0.5) is 0 Å². The van der Waals surface area contributed by atoms with E-state index >= 15 is 0 Å². The Morgan fingerprint density at radius 2 is 1.95 bits per heavy atom. The van der Waals surface area contributed by atoms with Crippen molar-refractivity contribution in [3.8, 4) is 11.5 Å². The highest BCUT2D eigenvalue weighted by molar-refractivity contribution is 5.77. The molecule has 112 valence electrons. The van der Waals surface area contributed by atoms with Gasteiger partial charge in [0, 0.05) is 5.56 Å². The van der Waals surface area contributed by atoms with Gasteiger partial charge in [-0.15, -0.1) is 0 Å². The molecule has 20 heavy (non-hydrogen) atoms. The second-order valence-electron chi connectivity index (χ2n) is 4.82. The van der Waals surface area contributed by atoms with Crippen molar-refractivity contribution < 1.29 is 19.4 Å². The minimum atomic E-state index is -0.812. The monoisotopic (exact) mass is 280 g/mol. The van der Waals surface area contributed by atoms with Crippen molar-refractivity contribution >= 4 is 5.97 Å². The van der Waals surface area contributed by atoms with Crippen molar-refractivity contribution in [2.24, 2.45) is 0 Å². The lowest BCUT2D eigenvalue weighted by Crippen LogP contribution is -2.13. The largest absolute Gasteiger partial charge is 0.493 e. The second-order valence-corrected chi connectivity index (χ2v) is 4.82. The Hall–Kier alpha value is -1.71. The summed E-state index contributed by atoms with van der Waals surface area (Å²) in [5, 5.41) is 9.47. The molecule has 1 aromatic carbocycles. The fourth-order valence-electron chi connectivity index (χ4n) is 2.37. The number of methoxy groups -OCH3 is 2. The molecule has 1 N–H and O–H groups in total. The fraction of sp³-hybridized carbons (Fsp3) is 0.562. The summed E-state index contributed by atoms with van der Waals surface area (Å²) in [7, 11) is 3.09. The van der Waals surface area contributed by atoms with Crippen LogP contribution in [0, 0.1) is 0 Å². The first-order valence-electron chi connectivity index (χ1n) is 7.09. The Morgan fingerprint density at radius 1 is 1.20 bits per heavy atom. The smallest absolute Gasteiger partial charge is 0.311 e. The molecular formula is C16H24O4. The van der Waals surface area contributed by atoms with Crippen LogP contribution in [0.2, 0.25) is 0 Å². The van der Waals surface area contributed by atoms with E-state index in [1.54, 1.807) is 25.3 Å². The zero-order valence-electron chi connectivity index (χ0n) is 12.5. The van der Waals surface area contributed by atoms with Crippen LogP contribution in [-0.4, -0.2) is 25.3 Å². The Kier molecular flexibility index (Phi) is 6.91. The van der Waals surface area contributed by atoms with E-state index < -0.39 is 11.9 Å². The van der Waals surface area contributed by atoms with Crippen molar-refractivity contribution in [1.29, 1.82) is 0 Å². The van der Waals surface area contributed by atoms with E-state index in [2.05, 4.69) is 6.92 Å². The standard InChI is InChI=1S/C16H24O4/c1-4-5-6-7-9-13(16(17)18)12-10-8-11-14(19-2)15(12)20-3/h8,10-11,13H,4-7,9H2,1-3H3,(H,17,18)/t13-/m0/s1. The molecule has 1 atom stereocenters. The Bertz CT molecular complexity index is 428. The molecule has 0 saturated carbocycles. The van der Waals surface area contributed by atoms with Crippen LogP contribution in [0.3, 0.4) is 0 Å². The van der Waals surface area contributed by atoms with Gasteiger partial charge in [0.25, 0.3) is 0 Å². The molecule has 0 aliphatic heterocycles. The van der Waals surface area contributed by atoms with Crippen molar-refractivity contribution in [2.75, 3.05) is 14.2 Å². The summed E-state index contributed by atoms with van der Waals surface area (Å²) in [6, 6.07) is 5.39. The summed E-state index contributed by atoms with van der Waals surface area (Å²) in [6.45, 7) is 2.14. The molecule has 0 aliphatic carbocycles. The SMILES string of the molecule is CCCCCC[C@H](C(=O)O)c1cccc(OC)c1OC. The number of benzene rings is 1. The highest BCUT2D eigenvalue weighted by atomic mass is 16.5. The van der Waals surface area contributed by atoms with Crippen LogP contribution in [0.15, 0.2) is 18.2 Å². The number of unbranched alkanes of at least 4 members (excludes halogenated alkanes) is 3. The predicted octanol–water partition coefficient (Wildman–Crippen LogP) is 3.84. The average Bonchev–Trinajstić information content (AvgIpc) is 2.46. The number of para-hydroxylation sites is 1. The lowest BCUT2D eigenvalue weighted by molar-refractivity contribution is -0.139. The van der Waals surface area contributed by atoms with E-state index in [4.69, 9.17) is 9.47 Å². The predicted molar refractivity (Wildman–Crippen MR) is 78.7 cm³/mol. The zero-order valence-corrected chi connectivity index (χ0v) is 12.5. The first-order chi connectivity index (χ1) is 9.65. The van der Waals surface area contributed by atoms with E-state index in [0.717, 1.165) is 25.7 Å². The van der Waals surface area contributed by atoms with Crippen LogP contribution >= 0.6 is 0 Å². The van der Waals surface area contributed by atoms with E-state index in [0.29, 0.717) is 23.5 Å². The lowest BCUT2D eigenvalue weighted by Gasteiger charge is -2.18. The maximum Gasteiger partial charge on any atom is 0.311 e.